The van der Waals surface area contributed by atoms with Crippen molar-refractivity contribution < 1.29 is 14.3 Å². The van der Waals surface area contributed by atoms with Crippen LogP contribution in [0.15, 0.2) is 30.6 Å². The minimum Gasteiger partial charge on any atom is -0.495 e. The van der Waals surface area contributed by atoms with Gasteiger partial charge in [-0.25, -0.2) is 9.67 Å². The van der Waals surface area contributed by atoms with Crippen LogP contribution in [-0.4, -0.2) is 72.1 Å². The first-order valence-corrected chi connectivity index (χ1v) is 12.0. The van der Waals surface area contributed by atoms with E-state index in [2.05, 4.69) is 25.6 Å². The molecule has 0 bridgehead atoms. The van der Waals surface area contributed by atoms with Gasteiger partial charge in [0.1, 0.15) is 5.75 Å². The molecule has 1 amide bonds. The van der Waals surface area contributed by atoms with Gasteiger partial charge in [0.2, 0.25) is 0 Å². The number of nitrogens with zero attached hydrogens (tertiary/aromatic N) is 4. The Morgan fingerprint density at radius 1 is 1.26 bits per heavy atom. The first kappa shape index (κ1) is 24.3. The summed E-state index contributed by atoms with van der Waals surface area (Å²) < 4.78 is 12.4. The molecule has 2 N–H and O–H groups in total. The van der Waals surface area contributed by atoms with Gasteiger partial charge in [0.15, 0.2) is 5.65 Å². The van der Waals surface area contributed by atoms with Gasteiger partial charge in [-0.15, -0.1) is 0 Å². The average molecular weight is 487 g/mol. The summed E-state index contributed by atoms with van der Waals surface area (Å²) in [5.41, 5.74) is 2.91. The number of nitrogens with one attached hydrogen (secondary N) is 2. The summed E-state index contributed by atoms with van der Waals surface area (Å²) in [4.78, 5) is 20.0. The molecular formula is C24H31ClN6O3. The number of fused-ring (bicyclic) bond motifs is 1. The Labute approximate surface area is 204 Å². The number of hydrogen-bond acceptors (Lipinski definition) is 7. The van der Waals surface area contributed by atoms with E-state index in [0.29, 0.717) is 41.7 Å². The first-order valence-electron chi connectivity index (χ1n) is 11.6. The van der Waals surface area contributed by atoms with Crippen LogP contribution in [0.25, 0.3) is 11.0 Å². The topological polar surface area (TPSA) is 93.5 Å². The number of amides is 1. The summed E-state index contributed by atoms with van der Waals surface area (Å²) in [6, 6.07) is 5.63. The lowest BCUT2D eigenvalue weighted by Gasteiger charge is -2.26. The molecule has 1 aliphatic rings. The molecule has 0 saturated carbocycles. The summed E-state index contributed by atoms with van der Waals surface area (Å²) in [5.74, 6) is 0.467. The van der Waals surface area contributed by atoms with Crippen LogP contribution >= 0.6 is 11.6 Å². The summed E-state index contributed by atoms with van der Waals surface area (Å²) in [7, 11) is 1.59. The quantitative estimate of drug-likeness (QED) is 0.425. The Morgan fingerprint density at radius 2 is 2.09 bits per heavy atom. The van der Waals surface area contributed by atoms with E-state index in [1.807, 2.05) is 29.8 Å². The van der Waals surface area contributed by atoms with E-state index < -0.39 is 0 Å². The van der Waals surface area contributed by atoms with Gasteiger partial charge in [-0.2, -0.15) is 5.10 Å². The molecule has 0 spiro atoms. The molecule has 3 aromatic rings. The van der Waals surface area contributed by atoms with Crippen LogP contribution < -0.4 is 15.4 Å². The molecule has 1 fully saturated rings. The van der Waals surface area contributed by atoms with Crippen molar-refractivity contribution in [1.82, 2.24) is 25.0 Å². The lowest BCUT2D eigenvalue weighted by molar-refractivity contribution is 0.0374. The SMILES string of the molecule is CCn1ncc2c(NCc3ccc(OC)c(Cl)c3)c(C(=O)NCCCN3CCOCC3)cnc21. The molecule has 4 rings (SSSR count). The maximum Gasteiger partial charge on any atom is 0.254 e. The molecule has 1 saturated heterocycles. The summed E-state index contributed by atoms with van der Waals surface area (Å²) in [6.45, 7) is 8.16. The molecule has 0 unspecified atom stereocenters. The van der Waals surface area contributed by atoms with Gasteiger partial charge in [0.25, 0.3) is 5.91 Å². The zero-order valence-electron chi connectivity index (χ0n) is 19.6. The number of pyridine rings is 1. The first-order chi connectivity index (χ1) is 16.6. The molecular weight excluding hydrogens is 456 g/mol. The zero-order valence-corrected chi connectivity index (χ0v) is 20.4. The van der Waals surface area contributed by atoms with Gasteiger partial charge in [0.05, 0.1) is 48.2 Å². The average Bonchev–Trinajstić information content (AvgIpc) is 3.29. The molecule has 10 heteroatoms. The standard InChI is InChI=1S/C24H31ClN6O3/c1-3-31-23-18(16-29-31)22(27-14-17-5-6-21(33-2)20(25)13-17)19(15-28-23)24(32)26-7-4-8-30-9-11-34-12-10-30/h5-6,13,15-16H,3-4,7-12,14H2,1-2H3,(H,26,32)(H,27,28). The Morgan fingerprint density at radius 3 is 2.82 bits per heavy atom. The van der Waals surface area contributed by atoms with Gasteiger partial charge in [-0.1, -0.05) is 17.7 Å². The smallest absolute Gasteiger partial charge is 0.254 e. The molecule has 0 aliphatic carbocycles. The molecule has 0 atom stereocenters. The number of methoxy groups -OCH3 is 1. The highest BCUT2D eigenvalue weighted by Crippen LogP contribution is 2.28. The number of aromatic nitrogens is 3. The van der Waals surface area contributed by atoms with Crippen molar-refractivity contribution in [1.29, 1.82) is 0 Å². The third-order valence-electron chi connectivity index (χ3n) is 5.94. The third-order valence-corrected chi connectivity index (χ3v) is 6.23. The summed E-state index contributed by atoms with van der Waals surface area (Å²) in [5, 5.41) is 12.2. The summed E-state index contributed by atoms with van der Waals surface area (Å²) in [6.07, 6.45) is 4.25. The number of aryl methyl sites for hydroxylation is 1. The van der Waals surface area contributed by atoms with Crippen molar-refractivity contribution in [2.45, 2.75) is 26.4 Å². The molecule has 34 heavy (non-hydrogen) atoms. The number of morpholine rings is 1. The van der Waals surface area contributed by atoms with Crippen LogP contribution in [0.4, 0.5) is 5.69 Å². The van der Waals surface area contributed by atoms with Crippen LogP contribution in [-0.2, 0) is 17.8 Å². The molecule has 1 aliphatic heterocycles. The van der Waals surface area contributed by atoms with E-state index in [0.717, 1.165) is 55.9 Å². The number of hydrogen-bond donors (Lipinski definition) is 2. The van der Waals surface area contributed by atoms with Crippen molar-refractivity contribution in [3.05, 3.63) is 46.7 Å². The summed E-state index contributed by atoms with van der Waals surface area (Å²) >= 11 is 6.29. The van der Waals surface area contributed by atoms with Gasteiger partial charge in [-0.3, -0.25) is 9.69 Å². The zero-order chi connectivity index (χ0) is 23.9. The van der Waals surface area contributed by atoms with Crippen LogP contribution in [0.3, 0.4) is 0 Å². The lowest BCUT2D eigenvalue weighted by atomic mass is 10.1. The number of ether oxygens (including phenoxy) is 2. The normalized spacial score (nSPS) is 14.3. The molecule has 1 aromatic carbocycles. The van der Waals surface area contributed by atoms with Crippen LogP contribution in [0, 0.1) is 0 Å². The minimum atomic E-state index is -0.157. The van der Waals surface area contributed by atoms with E-state index in [1.54, 1.807) is 19.5 Å². The van der Waals surface area contributed by atoms with Crippen molar-refractivity contribution in [3.8, 4) is 5.75 Å². The van der Waals surface area contributed by atoms with Crippen molar-refractivity contribution in [2.75, 3.05) is 51.8 Å². The molecule has 0 radical (unpaired) electrons. The second kappa shape index (κ2) is 11.5. The van der Waals surface area contributed by atoms with E-state index in [-0.39, 0.29) is 5.91 Å². The molecule has 3 heterocycles. The van der Waals surface area contributed by atoms with E-state index in [9.17, 15) is 4.79 Å². The molecule has 2 aromatic heterocycles. The van der Waals surface area contributed by atoms with E-state index in [4.69, 9.17) is 21.1 Å². The second-order valence-corrected chi connectivity index (χ2v) is 8.54. The van der Waals surface area contributed by atoms with E-state index >= 15 is 0 Å². The second-order valence-electron chi connectivity index (χ2n) is 8.13. The fourth-order valence-corrected chi connectivity index (χ4v) is 4.34. The van der Waals surface area contributed by atoms with Gasteiger partial charge >= 0.3 is 0 Å². The maximum atomic E-state index is 13.1. The van der Waals surface area contributed by atoms with Crippen molar-refractivity contribution in [3.63, 3.8) is 0 Å². The Kier molecular flexibility index (Phi) is 8.21. The molecule has 9 nitrogen and oxygen atoms in total. The van der Waals surface area contributed by atoms with E-state index in [1.165, 1.54) is 0 Å². The largest absolute Gasteiger partial charge is 0.495 e. The predicted octanol–water partition coefficient (Wildman–Crippen LogP) is 3.18. The van der Waals surface area contributed by atoms with Crippen LogP contribution in [0.1, 0.15) is 29.3 Å². The fourth-order valence-electron chi connectivity index (χ4n) is 4.06. The van der Waals surface area contributed by atoms with Crippen LogP contribution in [0.2, 0.25) is 5.02 Å². The van der Waals surface area contributed by atoms with Crippen LogP contribution in [0.5, 0.6) is 5.75 Å². The lowest BCUT2D eigenvalue weighted by Crippen LogP contribution is -2.38. The highest BCUT2D eigenvalue weighted by molar-refractivity contribution is 6.32. The number of anilines is 1. The van der Waals surface area contributed by atoms with Gasteiger partial charge < -0.3 is 20.1 Å². The monoisotopic (exact) mass is 486 g/mol. The fraction of sp³-hybridized carbons (Fsp3) is 0.458. The number of carbonyl (C=O) groups is 1. The van der Waals surface area contributed by atoms with Crippen molar-refractivity contribution >= 4 is 34.2 Å². The number of halogens is 1. The predicted molar refractivity (Wildman–Crippen MR) is 133 cm³/mol. The number of benzene rings is 1. The Bertz CT molecular complexity index is 1130. The van der Waals surface area contributed by atoms with Crippen molar-refractivity contribution in [2.24, 2.45) is 0 Å². The third kappa shape index (κ3) is 5.60. The highest BCUT2D eigenvalue weighted by Gasteiger charge is 2.18. The number of carbonyl (C=O) groups excluding carboxylic acids is 1. The molecule has 182 valence electrons. The highest BCUT2D eigenvalue weighted by atomic mass is 35.5. The Hall–Kier alpha value is -2.88. The minimum absolute atomic E-state index is 0.157. The Balaban J connectivity index is 1.48. The van der Waals surface area contributed by atoms with Gasteiger partial charge in [0, 0.05) is 38.9 Å². The van der Waals surface area contributed by atoms with Gasteiger partial charge in [-0.05, 0) is 37.6 Å². The number of rotatable bonds is 10. The maximum absolute atomic E-state index is 13.1.